The maximum atomic E-state index is 12.4. The molecule has 0 fully saturated rings. The maximum absolute atomic E-state index is 12.4. The van der Waals surface area contributed by atoms with E-state index in [1.54, 1.807) is 0 Å². The van der Waals surface area contributed by atoms with Crippen LogP contribution >= 0.6 is 23.1 Å². The Balaban J connectivity index is 2.05. The first-order valence-electron chi connectivity index (χ1n) is 7.00. The molecule has 1 heterocycles. The van der Waals surface area contributed by atoms with Gasteiger partial charge in [0.05, 0.1) is 4.90 Å². The number of halogens is 4. The van der Waals surface area contributed by atoms with Crippen LogP contribution in [0.25, 0.3) is 0 Å². The van der Waals surface area contributed by atoms with Crippen LogP contribution in [-0.2, 0) is 26.5 Å². The second-order valence-corrected chi connectivity index (χ2v) is 9.65. The first-order chi connectivity index (χ1) is 12.3. The lowest BCUT2D eigenvalue weighted by atomic mass is 10.2. The molecule has 0 atom stereocenters. The predicted octanol–water partition coefficient (Wildman–Crippen LogP) is 2.28. The molecule has 0 spiro atoms. The number of benzene rings is 1. The average molecular weight is 465 g/mol. The summed E-state index contributed by atoms with van der Waals surface area (Å²) in [6, 6.07) is 4.33. The molecule has 8 nitrogen and oxygen atoms in total. The van der Waals surface area contributed by atoms with E-state index in [2.05, 4.69) is 14.1 Å². The summed E-state index contributed by atoms with van der Waals surface area (Å²) in [4.78, 5) is 3.76. The normalized spacial score (nSPS) is 12.9. The van der Waals surface area contributed by atoms with Crippen LogP contribution in [0.3, 0.4) is 0 Å². The second kappa shape index (κ2) is 7.87. The van der Waals surface area contributed by atoms with E-state index in [1.165, 1.54) is 29.8 Å². The molecule has 1 aromatic carbocycles. The van der Waals surface area contributed by atoms with E-state index in [1.807, 2.05) is 0 Å². The van der Waals surface area contributed by atoms with Crippen LogP contribution in [0, 0.1) is 6.92 Å². The Bertz CT molecular complexity index is 1040. The average Bonchev–Trinajstić information content (AvgIpc) is 2.95. The molecule has 0 saturated carbocycles. The smallest absolute Gasteiger partial charge is 0.253 e. The quantitative estimate of drug-likeness (QED) is 0.649. The minimum atomic E-state index is -5.46. The van der Waals surface area contributed by atoms with Gasteiger partial charge >= 0.3 is 15.5 Å². The fourth-order valence-electron chi connectivity index (χ4n) is 1.82. The topological polar surface area (TPSA) is 118 Å². The van der Waals surface area contributed by atoms with Crippen molar-refractivity contribution < 1.29 is 30.0 Å². The molecule has 0 unspecified atom stereocenters. The number of rotatable bonds is 7. The summed E-state index contributed by atoms with van der Waals surface area (Å²) in [7, 11) is -9.46. The minimum absolute atomic E-state index is 0.0228. The van der Waals surface area contributed by atoms with E-state index in [9.17, 15) is 30.0 Å². The van der Waals surface area contributed by atoms with E-state index in [0.29, 0.717) is 17.1 Å². The van der Waals surface area contributed by atoms with Crippen LogP contribution in [0.4, 0.5) is 18.3 Å². The third-order valence-electron chi connectivity index (χ3n) is 3.14. The van der Waals surface area contributed by atoms with Gasteiger partial charge in [0.1, 0.15) is 5.82 Å². The Kier molecular flexibility index (Phi) is 6.36. The van der Waals surface area contributed by atoms with Crippen LogP contribution in [0.5, 0.6) is 0 Å². The standard InChI is InChI=1S/C12H12ClF3N4O4S3/c1-7-8(13)3-2-4-9(7)26(21,22)20-11-18-10(19-25-11)5-6-17-27(23,24)12(14,15)16/h2-4,17H,5-6H2,1H3,(H,18,19,20). The largest absolute Gasteiger partial charge is 0.511 e. The minimum Gasteiger partial charge on any atom is -0.253 e. The van der Waals surface area contributed by atoms with Gasteiger partial charge in [-0.15, -0.1) is 0 Å². The van der Waals surface area contributed by atoms with Crippen LogP contribution in [-0.4, -0.2) is 38.2 Å². The highest BCUT2D eigenvalue weighted by atomic mass is 35.5. The summed E-state index contributed by atoms with van der Waals surface area (Å²) in [5, 5.41) is 0.135. The highest BCUT2D eigenvalue weighted by Gasteiger charge is 2.45. The Morgan fingerprint density at radius 1 is 1.22 bits per heavy atom. The number of anilines is 1. The molecular weight excluding hydrogens is 453 g/mol. The van der Waals surface area contributed by atoms with Crippen molar-refractivity contribution in [3.8, 4) is 0 Å². The van der Waals surface area contributed by atoms with Crippen molar-refractivity contribution in [3.63, 3.8) is 0 Å². The third-order valence-corrected chi connectivity index (χ3v) is 7.03. The summed E-state index contributed by atoms with van der Waals surface area (Å²) in [5.74, 6) is -0.0228. The zero-order valence-corrected chi connectivity index (χ0v) is 16.6. The van der Waals surface area contributed by atoms with Gasteiger partial charge in [0, 0.05) is 29.5 Å². The van der Waals surface area contributed by atoms with Crippen LogP contribution in [0.2, 0.25) is 5.02 Å². The van der Waals surface area contributed by atoms with Crippen molar-refractivity contribution in [2.24, 2.45) is 0 Å². The molecule has 2 aromatic rings. The van der Waals surface area contributed by atoms with Gasteiger partial charge in [-0.2, -0.15) is 17.5 Å². The van der Waals surface area contributed by atoms with Crippen molar-refractivity contribution in [1.82, 2.24) is 14.1 Å². The van der Waals surface area contributed by atoms with Gasteiger partial charge in [0.25, 0.3) is 10.0 Å². The highest BCUT2D eigenvalue weighted by Crippen LogP contribution is 2.25. The van der Waals surface area contributed by atoms with Gasteiger partial charge < -0.3 is 0 Å². The predicted molar refractivity (Wildman–Crippen MR) is 93.6 cm³/mol. The zero-order valence-electron chi connectivity index (χ0n) is 13.4. The number of nitrogens with zero attached hydrogens (tertiary/aromatic N) is 2. The van der Waals surface area contributed by atoms with Crippen LogP contribution in [0.15, 0.2) is 23.1 Å². The van der Waals surface area contributed by atoms with E-state index >= 15 is 0 Å². The molecule has 15 heteroatoms. The lowest BCUT2D eigenvalue weighted by molar-refractivity contribution is -0.0447. The Labute approximate surface area is 162 Å². The van der Waals surface area contributed by atoms with Crippen molar-refractivity contribution in [2.75, 3.05) is 11.3 Å². The van der Waals surface area contributed by atoms with Gasteiger partial charge in [-0.05, 0) is 24.6 Å². The molecule has 0 amide bonds. The van der Waals surface area contributed by atoms with Crippen molar-refractivity contribution in [2.45, 2.75) is 23.7 Å². The SMILES string of the molecule is Cc1c(Cl)cccc1S(=O)(=O)Nc1nc(CCNS(=O)(=O)C(F)(F)F)ns1. The molecule has 0 aliphatic heterocycles. The fourth-order valence-corrected chi connectivity index (χ4v) is 4.69. The lowest BCUT2D eigenvalue weighted by Crippen LogP contribution is -2.37. The molecule has 0 aliphatic carbocycles. The van der Waals surface area contributed by atoms with E-state index in [-0.39, 0.29) is 27.3 Å². The van der Waals surface area contributed by atoms with Gasteiger partial charge in [0.2, 0.25) is 5.13 Å². The summed E-state index contributed by atoms with van der Waals surface area (Å²) in [6.45, 7) is 0.924. The van der Waals surface area contributed by atoms with E-state index < -0.39 is 32.1 Å². The van der Waals surface area contributed by atoms with Crippen LogP contribution < -0.4 is 9.44 Å². The molecule has 27 heavy (non-hydrogen) atoms. The molecule has 0 saturated heterocycles. The second-order valence-electron chi connectivity index (χ2n) is 5.08. The lowest BCUT2D eigenvalue weighted by Gasteiger charge is -2.09. The molecule has 0 bridgehead atoms. The fraction of sp³-hybridized carbons (Fsp3) is 0.333. The van der Waals surface area contributed by atoms with Crippen molar-refractivity contribution in [1.29, 1.82) is 0 Å². The van der Waals surface area contributed by atoms with Gasteiger partial charge in [-0.25, -0.2) is 26.5 Å². The molecule has 2 N–H and O–H groups in total. The number of nitrogens with one attached hydrogen (secondary N) is 2. The number of aromatic nitrogens is 2. The highest BCUT2D eigenvalue weighted by molar-refractivity contribution is 7.93. The summed E-state index contributed by atoms with van der Waals surface area (Å²) >= 11 is 6.56. The van der Waals surface area contributed by atoms with Gasteiger partial charge in [-0.3, -0.25) is 4.72 Å². The molecule has 150 valence electrons. The molecule has 0 radical (unpaired) electrons. The molecule has 0 aliphatic rings. The Hall–Kier alpha value is -1.48. The number of hydrogen-bond acceptors (Lipinski definition) is 7. The van der Waals surface area contributed by atoms with Gasteiger partial charge in [-0.1, -0.05) is 17.7 Å². The Morgan fingerprint density at radius 2 is 1.89 bits per heavy atom. The molecule has 1 aromatic heterocycles. The van der Waals surface area contributed by atoms with Gasteiger partial charge in [0.15, 0.2) is 0 Å². The molecular formula is C12H12ClF3N4O4S3. The maximum Gasteiger partial charge on any atom is 0.511 e. The molecule has 2 rings (SSSR count). The summed E-state index contributed by atoms with van der Waals surface area (Å²) in [5.41, 5.74) is -5.09. The van der Waals surface area contributed by atoms with Crippen LogP contribution in [0.1, 0.15) is 11.4 Å². The summed E-state index contributed by atoms with van der Waals surface area (Å²) < 4.78 is 90.5. The third kappa shape index (κ3) is 5.28. The first kappa shape index (κ1) is 21.8. The van der Waals surface area contributed by atoms with E-state index in [4.69, 9.17) is 11.6 Å². The number of alkyl halides is 3. The monoisotopic (exact) mass is 464 g/mol. The van der Waals surface area contributed by atoms with Crippen molar-refractivity contribution in [3.05, 3.63) is 34.6 Å². The Morgan fingerprint density at radius 3 is 2.52 bits per heavy atom. The van der Waals surface area contributed by atoms with Crippen molar-refractivity contribution >= 4 is 48.3 Å². The number of sulfonamides is 2. The first-order valence-corrected chi connectivity index (χ1v) is 11.1. The number of hydrogen-bond donors (Lipinski definition) is 2. The zero-order chi connectivity index (χ0) is 20.5. The summed E-state index contributed by atoms with van der Waals surface area (Å²) in [6.07, 6.45) is -0.260. The van der Waals surface area contributed by atoms with E-state index in [0.717, 1.165) is 0 Å².